The number of anilines is 1. The van der Waals surface area contributed by atoms with Gasteiger partial charge < -0.3 is 19.9 Å². The van der Waals surface area contributed by atoms with Gasteiger partial charge in [-0.25, -0.2) is 0 Å². The Morgan fingerprint density at radius 2 is 1.83 bits per heavy atom. The molecule has 1 saturated heterocycles. The van der Waals surface area contributed by atoms with Crippen LogP contribution >= 0.6 is 0 Å². The summed E-state index contributed by atoms with van der Waals surface area (Å²) in [6, 6.07) is 21.7. The second-order valence-corrected chi connectivity index (χ2v) is 9.02. The third kappa shape index (κ3) is 4.56. The summed E-state index contributed by atoms with van der Waals surface area (Å²) in [5.41, 5.74) is 3.27. The number of benzene rings is 3. The number of carbonyl (C=O) groups is 3. The number of hydrogen-bond donors (Lipinski definition) is 1. The zero-order chi connectivity index (χ0) is 25.1. The number of hydrogen-bond acceptors (Lipinski definition) is 4. The quantitative estimate of drug-likeness (QED) is 0.547. The third-order valence-corrected chi connectivity index (χ3v) is 6.74. The molecule has 3 aromatic carbocycles. The Balaban J connectivity index is 1.40. The Morgan fingerprint density at radius 1 is 1.03 bits per heavy atom. The Morgan fingerprint density at radius 3 is 2.69 bits per heavy atom. The van der Waals surface area contributed by atoms with Crippen molar-refractivity contribution in [2.75, 3.05) is 18.1 Å². The van der Waals surface area contributed by atoms with E-state index >= 15 is 0 Å². The van der Waals surface area contributed by atoms with E-state index in [9.17, 15) is 14.4 Å². The van der Waals surface area contributed by atoms with Crippen LogP contribution in [0.3, 0.4) is 0 Å². The monoisotopic (exact) mass is 483 g/mol. The minimum atomic E-state index is -0.469. The van der Waals surface area contributed by atoms with Crippen molar-refractivity contribution in [3.05, 3.63) is 95.1 Å². The van der Waals surface area contributed by atoms with Gasteiger partial charge >= 0.3 is 0 Å². The van der Waals surface area contributed by atoms with Gasteiger partial charge in [-0.2, -0.15) is 0 Å². The van der Waals surface area contributed by atoms with Crippen molar-refractivity contribution in [3.8, 4) is 5.75 Å². The van der Waals surface area contributed by atoms with Gasteiger partial charge in [-0.15, -0.1) is 0 Å². The molecule has 3 aromatic rings. The molecule has 0 saturated carbocycles. The second-order valence-electron chi connectivity index (χ2n) is 9.02. The van der Waals surface area contributed by atoms with E-state index in [1.54, 1.807) is 28.0 Å². The molecule has 7 heteroatoms. The summed E-state index contributed by atoms with van der Waals surface area (Å²) < 4.78 is 5.55. The van der Waals surface area contributed by atoms with Gasteiger partial charge in [-0.3, -0.25) is 14.4 Å². The maximum absolute atomic E-state index is 13.6. The van der Waals surface area contributed by atoms with Crippen LogP contribution in [-0.4, -0.2) is 41.8 Å². The molecule has 0 spiro atoms. The van der Waals surface area contributed by atoms with Gasteiger partial charge in [-0.05, 0) is 61.2 Å². The lowest BCUT2D eigenvalue weighted by atomic mass is 10.0. The first-order chi connectivity index (χ1) is 17.6. The predicted molar refractivity (Wildman–Crippen MR) is 137 cm³/mol. The number of nitrogens with zero attached hydrogens (tertiary/aromatic N) is 2. The molecule has 0 unspecified atom stereocenters. The first kappa shape index (κ1) is 23.6. The number of amides is 3. The summed E-state index contributed by atoms with van der Waals surface area (Å²) >= 11 is 0. The van der Waals surface area contributed by atoms with Gasteiger partial charge in [0.15, 0.2) is 0 Å². The van der Waals surface area contributed by atoms with Crippen molar-refractivity contribution < 1.29 is 19.1 Å². The molecule has 1 N–H and O–H groups in total. The molecule has 0 radical (unpaired) electrons. The molecule has 0 aliphatic carbocycles. The molecule has 36 heavy (non-hydrogen) atoms. The molecule has 1 atom stereocenters. The highest BCUT2D eigenvalue weighted by atomic mass is 16.5. The average molecular weight is 484 g/mol. The van der Waals surface area contributed by atoms with E-state index in [1.165, 1.54) is 0 Å². The molecule has 2 aliphatic rings. The highest BCUT2D eigenvalue weighted by Crippen LogP contribution is 2.33. The topological polar surface area (TPSA) is 79.0 Å². The lowest BCUT2D eigenvalue weighted by molar-refractivity contribution is -0.122. The van der Waals surface area contributed by atoms with E-state index in [1.807, 2.05) is 61.5 Å². The largest absolute Gasteiger partial charge is 0.494 e. The zero-order valence-electron chi connectivity index (χ0n) is 20.3. The molecular formula is C29H29N3O4. The second kappa shape index (κ2) is 10.2. The van der Waals surface area contributed by atoms with Crippen LogP contribution in [0, 0.1) is 0 Å². The molecule has 7 nitrogen and oxygen atoms in total. The number of carbonyl (C=O) groups excluding carboxylic acids is 3. The van der Waals surface area contributed by atoms with Gasteiger partial charge in [0.2, 0.25) is 5.91 Å². The molecule has 5 rings (SSSR count). The summed E-state index contributed by atoms with van der Waals surface area (Å²) in [5.74, 6) is 0.332. The minimum Gasteiger partial charge on any atom is -0.494 e. The SMILES string of the molecule is CCOc1cccc(CNC(=O)c2ccccc2CN2C(=O)[C@H]3CCCN3C(=O)c3ccccc32)c1. The Labute approximate surface area is 210 Å². The first-order valence-corrected chi connectivity index (χ1v) is 12.4. The normalized spacial score (nSPS) is 16.9. The minimum absolute atomic E-state index is 0.103. The first-order valence-electron chi connectivity index (χ1n) is 12.4. The van der Waals surface area contributed by atoms with Crippen molar-refractivity contribution in [1.29, 1.82) is 0 Å². The Kier molecular flexibility index (Phi) is 6.71. The van der Waals surface area contributed by atoms with Crippen LogP contribution in [0.1, 0.15) is 51.6 Å². The molecule has 0 bridgehead atoms. The van der Waals surface area contributed by atoms with Gasteiger partial charge in [-0.1, -0.05) is 42.5 Å². The van der Waals surface area contributed by atoms with Gasteiger partial charge in [0, 0.05) is 18.7 Å². The molecule has 184 valence electrons. The Hall–Kier alpha value is -4.13. The van der Waals surface area contributed by atoms with Crippen LogP contribution in [0.4, 0.5) is 5.69 Å². The van der Waals surface area contributed by atoms with Crippen LogP contribution in [0.25, 0.3) is 0 Å². The zero-order valence-corrected chi connectivity index (χ0v) is 20.3. The van der Waals surface area contributed by atoms with Crippen LogP contribution < -0.4 is 15.0 Å². The third-order valence-electron chi connectivity index (χ3n) is 6.74. The van der Waals surface area contributed by atoms with E-state index in [0.29, 0.717) is 42.9 Å². The van der Waals surface area contributed by atoms with Crippen LogP contribution in [-0.2, 0) is 17.9 Å². The predicted octanol–water partition coefficient (Wildman–Crippen LogP) is 4.17. The summed E-state index contributed by atoms with van der Waals surface area (Å²) in [6.45, 7) is 3.65. The highest BCUT2D eigenvalue weighted by Gasteiger charge is 2.42. The molecule has 2 heterocycles. The molecule has 2 aliphatic heterocycles. The number of rotatable bonds is 7. The van der Waals surface area contributed by atoms with E-state index in [4.69, 9.17) is 4.74 Å². The standard InChI is InChI=1S/C29H29N3O4/c1-2-36-22-11-7-9-20(17-22)18-30-27(33)23-12-4-3-10-21(23)19-32-25-14-6-5-13-24(25)28(34)31-16-8-15-26(31)29(32)35/h3-7,9-14,17,26H,2,8,15-16,18-19H2,1H3,(H,30,33)/t26-/m1/s1. The fourth-order valence-electron chi connectivity index (χ4n) is 5.01. The van der Waals surface area contributed by atoms with Crippen molar-refractivity contribution in [2.45, 2.75) is 38.9 Å². The van der Waals surface area contributed by atoms with Gasteiger partial charge in [0.05, 0.1) is 24.4 Å². The lowest BCUT2D eigenvalue weighted by Gasteiger charge is -2.26. The van der Waals surface area contributed by atoms with Crippen molar-refractivity contribution >= 4 is 23.4 Å². The van der Waals surface area contributed by atoms with Crippen LogP contribution in [0.15, 0.2) is 72.8 Å². The molecular weight excluding hydrogens is 454 g/mol. The summed E-state index contributed by atoms with van der Waals surface area (Å²) in [4.78, 5) is 43.4. The van der Waals surface area contributed by atoms with E-state index in [0.717, 1.165) is 23.3 Å². The van der Waals surface area contributed by atoms with E-state index < -0.39 is 6.04 Å². The van der Waals surface area contributed by atoms with Crippen molar-refractivity contribution in [2.24, 2.45) is 0 Å². The summed E-state index contributed by atoms with van der Waals surface area (Å²) in [6.07, 6.45) is 1.46. The van der Waals surface area contributed by atoms with Gasteiger partial charge in [0.25, 0.3) is 11.8 Å². The maximum Gasteiger partial charge on any atom is 0.256 e. The summed E-state index contributed by atoms with van der Waals surface area (Å²) in [5, 5.41) is 2.99. The van der Waals surface area contributed by atoms with E-state index in [2.05, 4.69) is 5.32 Å². The number of nitrogens with one attached hydrogen (secondary N) is 1. The average Bonchev–Trinajstić information content (AvgIpc) is 3.38. The molecule has 3 amide bonds. The van der Waals surface area contributed by atoms with Gasteiger partial charge in [0.1, 0.15) is 11.8 Å². The fourth-order valence-corrected chi connectivity index (χ4v) is 5.01. The number of ether oxygens (including phenoxy) is 1. The molecule has 0 aromatic heterocycles. The molecule has 1 fully saturated rings. The van der Waals surface area contributed by atoms with Crippen molar-refractivity contribution in [3.63, 3.8) is 0 Å². The number of fused-ring (bicyclic) bond motifs is 2. The van der Waals surface area contributed by atoms with Crippen LogP contribution in [0.5, 0.6) is 5.75 Å². The smallest absolute Gasteiger partial charge is 0.256 e. The Bertz CT molecular complexity index is 1300. The highest BCUT2D eigenvalue weighted by molar-refractivity contribution is 6.11. The summed E-state index contributed by atoms with van der Waals surface area (Å²) in [7, 11) is 0. The fraction of sp³-hybridized carbons (Fsp3) is 0.276. The number of para-hydroxylation sites is 1. The van der Waals surface area contributed by atoms with E-state index in [-0.39, 0.29) is 24.3 Å². The lowest BCUT2D eigenvalue weighted by Crippen LogP contribution is -2.44. The van der Waals surface area contributed by atoms with Crippen molar-refractivity contribution in [1.82, 2.24) is 10.2 Å². The van der Waals surface area contributed by atoms with Crippen LogP contribution in [0.2, 0.25) is 0 Å². The maximum atomic E-state index is 13.6.